The lowest BCUT2D eigenvalue weighted by molar-refractivity contribution is 0.272. The van der Waals surface area contributed by atoms with Crippen molar-refractivity contribution >= 4 is 0 Å². The van der Waals surface area contributed by atoms with Crippen LogP contribution in [-0.2, 0) is 5.54 Å². The Morgan fingerprint density at radius 2 is 1.80 bits per heavy atom. The summed E-state index contributed by atoms with van der Waals surface area (Å²) in [5.41, 5.74) is -0.555. The number of rotatable bonds is 4. The average Bonchev–Trinajstić information content (AvgIpc) is 2.85. The first-order valence-corrected chi connectivity index (χ1v) is 6.09. The summed E-state index contributed by atoms with van der Waals surface area (Å²) in [5.74, 6) is -3.83. The average molecular weight is 285 g/mol. The molecule has 0 bridgehead atoms. The Hall–Kier alpha value is -1.89. The van der Waals surface area contributed by atoms with Gasteiger partial charge in [0.15, 0.2) is 17.5 Å². The first-order valence-electron chi connectivity index (χ1n) is 6.09. The van der Waals surface area contributed by atoms with Gasteiger partial charge in [0.2, 0.25) is 11.7 Å². The second-order valence-electron chi connectivity index (χ2n) is 4.83. The van der Waals surface area contributed by atoms with Crippen molar-refractivity contribution in [3.8, 4) is 11.4 Å². The van der Waals surface area contributed by atoms with Crippen LogP contribution in [0, 0.1) is 17.5 Å². The molecule has 0 fully saturated rings. The maximum Gasteiger partial charge on any atom is 0.246 e. The van der Waals surface area contributed by atoms with Crippen LogP contribution in [0.15, 0.2) is 16.7 Å². The van der Waals surface area contributed by atoms with E-state index in [1.807, 2.05) is 20.8 Å². The van der Waals surface area contributed by atoms with Gasteiger partial charge in [0.05, 0.1) is 5.54 Å². The first kappa shape index (κ1) is 14.5. The number of nitrogens with zero attached hydrogens (tertiary/aromatic N) is 2. The summed E-state index contributed by atoms with van der Waals surface area (Å²) in [4.78, 5) is 4.09. The predicted octanol–water partition coefficient (Wildman–Crippen LogP) is 3.00. The predicted molar refractivity (Wildman–Crippen MR) is 66.3 cm³/mol. The Morgan fingerprint density at radius 1 is 1.20 bits per heavy atom. The highest BCUT2D eigenvalue weighted by Gasteiger charge is 2.27. The number of hydrogen-bond donors (Lipinski definition) is 1. The molecule has 0 aliphatic rings. The van der Waals surface area contributed by atoms with Gasteiger partial charge in [0.25, 0.3) is 0 Å². The standard InChI is InChI=1S/C13H14F3N3O/c1-4-17-13(2,3)12-18-11(19-20-12)7-5-8(14)10(16)9(15)6-7/h5-6,17H,4H2,1-3H3. The Bertz CT molecular complexity index is 602. The van der Waals surface area contributed by atoms with Crippen LogP contribution in [0.1, 0.15) is 26.7 Å². The quantitative estimate of drug-likeness (QED) is 0.877. The molecule has 0 atom stereocenters. The van der Waals surface area contributed by atoms with Gasteiger partial charge in [0, 0.05) is 5.56 Å². The normalized spacial score (nSPS) is 11.9. The minimum atomic E-state index is -1.52. The fourth-order valence-electron chi connectivity index (χ4n) is 1.80. The van der Waals surface area contributed by atoms with Gasteiger partial charge in [0.1, 0.15) is 0 Å². The second kappa shape index (κ2) is 5.24. The molecule has 0 aliphatic carbocycles. The van der Waals surface area contributed by atoms with Gasteiger partial charge in [-0.25, -0.2) is 13.2 Å². The van der Waals surface area contributed by atoms with Gasteiger partial charge < -0.3 is 9.84 Å². The fourth-order valence-corrected chi connectivity index (χ4v) is 1.80. The third kappa shape index (κ3) is 2.67. The summed E-state index contributed by atoms with van der Waals surface area (Å²) >= 11 is 0. The van der Waals surface area contributed by atoms with E-state index in [2.05, 4.69) is 15.5 Å². The van der Waals surface area contributed by atoms with Crippen LogP contribution < -0.4 is 5.32 Å². The molecule has 20 heavy (non-hydrogen) atoms. The minimum Gasteiger partial charge on any atom is -0.337 e. The molecule has 4 nitrogen and oxygen atoms in total. The molecule has 1 N–H and O–H groups in total. The highest BCUT2D eigenvalue weighted by atomic mass is 19.2. The van der Waals surface area contributed by atoms with E-state index in [1.54, 1.807) is 0 Å². The van der Waals surface area contributed by atoms with Gasteiger partial charge in [-0.2, -0.15) is 4.98 Å². The van der Waals surface area contributed by atoms with Crippen LogP contribution in [0.3, 0.4) is 0 Å². The molecule has 0 aliphatic heterocycles. The molecule has 1 aromatic heterocycles. The molecule has 0 saturated carbocycles. The molecule has 2 aromatic rings. The van der Waals surface area contributed by atoms with E-state index in [4.69, 9.17) is 4.52 Å². The van der Waals surface area contributed by atoms with Crippen molar-refractivity contribution in [3.63, 3.8) is 0 Å². The summed E-state index contributed by atoms with van der Waals surface area (Å²) in [6, 6.07) is 1.65. The lowest BCUT2D eigenvalue weighted by Gasteiger charge is -2.20. The Labute approximate surface area is 114 Å². The number of nitrogens with one attached hydrogen (secondary N) is 1. The highest BCUT2D eigenvalue weighted by molar-refractivity contribution is 5.54. The topological polar surface area (TPSA) is 51.0 Å². The van der Waals surface area contributed by atoms with Crippen molar-refractivity contribution in [2.75, 3.05) is 6.54 Å². The van der Waals surface area contributed by atoms with Crippen molar-refractivity contribution in [2.24, 2.45) is 0 Å². The van der Waals surface area contributed by atoms with Crippen molar-refractivity contribution < 1.29 is 17.7 Å². The maximum absolute atomic E-state index is 13.2. The molecule has 108 valence electrons. The molecule has 0 spiro atoms. The SMILES string of the molecule is CCNC(C)(C)c1nc(-c2cc(F)c(F)c(F)c2)no1. The number of hydrogen-bond acceptors (Lipinski definition) is 4. The van der Waals surface area contributed by atoms with Crippen LogP contribution in [-0.4, -0.2) is 16.7 Å². The third-order valence-corrected chi connectivity index (χ3v) is 2.82. The Kier molecular flexibility index (Phi) is 3.80. The first-order chi connectivity index (χ1) is 9.35. The van der Waals surface area contributed by atoms with Crippen molar-refractivity contribution in [3.05, 3.63) is 35.5 Å². The van der Waals surface area contributed by atoms with E-state index in [-0.39, 0.29) is 17.3 Å². The molecule has 0 unspecified atom stereocenters. The Balaban J connectivity index is 2.39. The molecular weight excluding hydrogens is 271 g/mol. The summed E-state index contributed by atoms with van der Waals surface area (Å²) in [5, 5.41) is 6.80. The van der Waals surface area contributed by atoms with Gasteiger partial charge in [-0.3, -0.25) is 0 Å². The zero-order valence-corrected chi connectivity index (χ0v) is 11.3. The smallest absolute Gasteiger partial charge is 0.246 e. The van der Waals surface area contributed by atoms with Gasteiger partial charge in [-0.1, -0.05) is 12.1 Å². The fraction of sp³-hybridized carbons (Fsp3) is 0.385. The van der Waals surface area contributed by atoms with E-state index < -0.39 is 23.0 Å². The zero-order chi connectivity index (χ0) is 14.9. The van der Waals surface area contributed by atoms with E-state index in [0.717, 1.165) is 12.1 Å². The third-order valence-electron chi connectivity index (χ3n) is 2.82. The zero-order valence-electron chi connectivity index (χ0n) is 11.3. The highest BCUT2D eigenvalue weighted by Crippen LogP contribution is 2.24. The van der Waals surface area contributed by atoms with Gasteiger partial charge in [-0.15, -0.1) is 0 Å². The minimum absolute atomic E-state index is 0.00350. The summed E-state index contributed by atoms with van der Waals surface area (Å²) in [7, 11) is 0. The van der Waals surface area contributed by atoms with Crippen molar-refractivity contribution in [1.82, 2.24) is 15.5 Å². The van der Waals surface area contributed by atoms with Crippen LogP contribution in [0.25, 0.3) is 11.4 Å². The monoisotopic (exact) mass is 285 g/mol. The van der Waals surface area contributed by atoms with Gasteiger partial charge >= 0.3 is 0 Å². The number of benzene rings is 1. The van der Waals surface area contributed by atoms with Gasteiger partial charge in [-0.05, 0) is 32.5 Å². The summed E-state index contributed by atoms with van der Waals surface area (Å²) in [6.07, 6.45) is 0. The van der Waals surface area contributed by atoms with Crippen molar-refractivity contribution in [1.29, 1.82) is 0 Å². The lowest BCUT2D eigenvalue weighted by Crippen LogP contribution is -2.36. The molecule has 1 heterocycles. The molecule has 7 heteroatoms. The molecule has 2 rings (SSSR count). The van der Waals surface area contributed by atoms with Crippen LogP contribution >= 0.6 is 0 Å². The van der Waals surface area contributed by atoms with E-state index in [9.17, 15) is 13.2 Å². The van der Waals surface area contributed by atoms with Crippen LogP contribution in [0.2, 0.25) is 0 Å². The summed E-state index contributed by atoms with van der Waals surface area (Å²) < 4.78 is 44.3. The summed E-state index contributed by atoms with van der Waals surface area (Å²) in [6.45, 7) is 6.27. The molecule has 0 saturated heterocycles. The maximum atomic E-state index is 13.2. The van der Waals surface area contributed by atoms with E-state index in [1.165, 1.54) is 0 Å². The number of aromatic nitrogens is 2. The molecule has 0 amide bonds. The van der Waals surface area contributed by atoms with E-state index >= 15 is 0 Å². The van der Waals surface area contributed by atoms with Crippen molar-refractivity contribution in [2.45, 2.75) is 26.3 Å². The molecule has 0 radical (unpaired) electrons. The second-order valence-corrected chi connectivity index (χ2v) is 4.83. The van der Waals surface area contributed by atoms with E-state index in [0.29, 0.717) is 6.54 Å². The molecule has 1 aromatic carbocycles. The number of halogens is 3. The lowest BCUT2D eigenvalue weighted by atomic mass is 10.1. The Morgan fingerprint density at radius 3 is 2.35 bits per heavy atom. The molecular formula is C13H14F3N3O. The largest absolute Gasteiger partial charge is 0.337 e. The van der Waals surface area contributed by atoms with Crippen LogP contribution in [0.5, 0.6) is 0 Å². The van der Waals surface area contributed by atoms with Crippen LogP contribution in [0.4, 0.5) is 13.2 Å².